The van der Waals surface area contributed by atoms with Crippen LogP contribution in [0.25, 0.3) is 0 Å². The molecule has 18 heavy (non-hydrogen) atoms. The van der Waals surface area contributed by atoms with E-state index in [9.17, 15) is 0 Å². The van der Waals surface area contributed by atoms with E-state index in [0.29, 0.717) is 0 Å². The van der Waals surface area contributed by atoms with Crippen molar-refractivity contribution >= 4 is 0 Å². The normalized spacial score (nSPS) is 17.2. The molecular weight excluding hydrogens is 220 g/mol. The second-order valence-corrected chi connectivity index (χ2v) is 5.06. The Hall–Kier alpha value is -1.67. The molecule has 1 aliphatic carbocycles. The maximum absolute atomic E-state index is 6.32. The summed E-state index contributed by atoms with van der Waals surface area (Å²) in [6.45, 7) is 0. The van der Waals surface area contributed by atoms with Crippen molar-refractivity contribution in [3.8, 4) is 0 Å². The molecule has 1 aromatic carbocycles. The second kappa shape index (κ2) is 4.91. The van der Waals surface area contributed by atoms with Crippen molar-refractivity contribution in [1.82, 2.24) is 4.98 Å². The van der Waals surface area contributed by atoms with Gasteiger partial charge in [0.2, 0.25) is 0 Å². The lowest BCUT2D eigenvalue weighted by molar-refractivity contribution is 0.419. The summed E-state index contributed by atoms with van der Waals surface area (Å²) in [6.07, 6.45) is 7.61. The van der Waals surface area contributed by atoms with E-state index in [1.54, 1.807) is 12.4 Å². The number of nitrogens with zero attached hydrogens (tertiary/aromatic N) is 1. The van der Waals surface area contributed by atoms with Crippen molar-refractivity contribution in [2.45, 2.75) is 31.2 Å². The van der Waals surface area contributed by atoms with Crippen LogP contribution in [-0.2, 0) is 0 Å². The molecular formula is C16H18N2. The lowest BCUT2D eigenvalue weighted by atomic mass is 9.79. The summed E-state index contributed by atoms with van der Waals surface area (Å²) in [4.78, 5) is 4.03. The van der Waals surface area contributed by atoms with Gasteiger partial charge >= 0.3 is 0 Å². The van der Waals surface area contributed by atoms with Gasteiger partial charge in [-0.15, -0.1) is 0 Å². The number of rotatable bonds is 3. The third kappa shape index (κ3) is 2.16. The zero-order chi connectivity index (χ0) is 12.4. The van der Waals surface area contributed by atoms with E-state index in [2.05, 4.69) is 29.2 Å². The topological polar surface area (TPSA) is 38.9 Å². The Labute approximate surface area is 108 Å². The van der Waals surface area contributed by atoms with Gasteiger partial charge in [0.05, 0.1) is 6.04 Å². The van der Waals surface area contributed by atoms with E-state index in [1.165, 1.54) is 30.4 Å². The van der Waals surface area contributed by atoms with Crippen molar-refractivity contribution in [2.75, 3.05) is 0 Å². The highest BCUT2D eigenvalue weighted by Crippen LogP contribution is 2.37. The summed E-state index contributed by atoms with van der Waals surface area (Å²) in [7, 11) is 0. The molecule has 0 saturated heterocycles. The van der Waals surface area contributed by atoms with Crippen LogP contribution in [0.4, 0.5) is 0 Å². The van der Waals surface area contributed by atoms with Gasteiger partial charge < -0.3 is 5.73 Å². The fourth-order valence-corrected chi connectivity index (χ4v) is 2.51. The Morgan fingerprint density at radius 3 is 2.50 bits per heavy atom. The van der Waals surface area contributed by atoms with Crippen molar-refractivity contribution in [1.29, 1.82) is 0 Å². The Balaban J connectivity index is 1.87. The number of hydrogen-bond donors (Lipinski definition) is 1. The van der Waals surface area contributed by atoms with E-state index in [0.717, 1.165) is 11.5 Å². The molecule has 1 fully saturated rings. The van der Waals surface area contributed by atoms with Crippen LogP contribution >= 0.6 is 0 Å². The summed E-state index contributed by atoms with van der Waals surface area (Å²) >= 11 is 0. The SMILES string of the molecule is NC(c1ccncc1)c1cccc(C2CCC2)c1. The number of pyridine rings is 1. The predicted molar refractivity (Wildman–Crippen MR) is 73.3 cm³/mol. The second-order valence-electron chi connectivity index (χ2n) is 5.06. The van der Waals surface area contributed by atoms with Gasteiger partial charge in [0.15, 0.2) is 0 Å². The molecule has 1 heterocycles. The quantitative estimate of drug-likeness (QED) is 0.890. The maximum Gasteiger partial charge on any atom is 0.0552 e. The molecule has 92 valence electrons. The van der Waals surface area contributed by atoms with E-state index in [4.69, 9.17) is 5.73 Å². The molecule has 1 unspecified atom stereocenters. The molecule has 0 aliphatic heterocycles. The van der Waals surface area contributed by atoms with Gasteiger partial charge in [-0.25, -0.2) is 0 Å². The van der Waals surface area contributed by atoms with E-state index in [1.807, 2.05) is 12.1 Å². The Morgan fingerprint density at radius 1 is 1.06 bits per heavy atom. The molecule has 0 radical (unpaired) electrons. The number of aromatic nitrogens is 1. The molecule has 3 rings (SSSR count). The highest BCUT2D eigenvalue weighted by molar-refractivity contribution is 5.34. The first-order valence-electron chi connectivity index (χ1n) is 6.60. The maximum atomic E-state index is 6.32. The van der Waals surface area contributed by atoms with Crippen molar-refractivity contribution in [3.63, 3.8) is 0 Å². The monoisotopic (exact) mass is 238 g/mol. The Bertz CT molecular complexity index is 518. The summed E-state index contributed by atoms with van der Waals surface area (Å²) < 4.78 is 0. The van der Waals surface area contributed by atoms with Crippen LogP contribution < -0.4 is 5.73 Å². The standard InChI is InChI=1S/C16H18N2/c17-16(13-7-9-18-10-8-13)15-6-2-5-14(11-15)12-3-1-4-12/h2,5-12,16H,1,3-4,17H2. The summed E-state index contributed by atoms with van der Waals surface area (Å²) in [5.41, 5.74) is 10.1. The van der Waals surface area contributed by atoms with Gasteiger partial charge in [-0.1, -0.05) is 30.7 Å². The number of hydrogen-bond acceptors (Lipinski definition) is 2. The lowest BCUT2D eigenvalue weighted by Gasteiger charge is -2.26. The largest absolute Gasteiger partial charge is 0.320 e. The predicted octanol–water partition coefficient (Wildman–Crippen LogP) is 3.40. The van der Waals surface area contributed by atoms with E-state index in [-0.39, 0.29) is 6.04 Å². The van der Waals surface area contributed by atoms with Crippen LogP contribution in [-0.4, -0.2) is 4.98 Å². The first-order valence-corrected chi connectivity index (χ1v) is 6.60. The highest BCUT2D eigenvalue weighted by Gasteiger charge is 2.20. The van der Waals surface area contributed by atoms with Crippen LogP contribution in [0.5, 0.6) is 0 Å². The van der Waals surface area contributed by atoms with E-state index < -0.39 is 0 Å². The minimum absolute atomic E-state index is 0.0481. The molecule has 0 bridgehead atoms. The van der Waals surface area contributed by atoms with Crippen LogP contribution in [0.2, 0.25) is 0 Å². The van der Waals surface area contributed by atoms with E-state index >= 15 is 0 Å². The van der Waals surface area contributed by atoms with Crippen molar-refractivity contribution in [3.05, 3.63) is 65.5 Å². The zero-order valence-electron chi connectivity index (χ0n) is 10.4. The molecule has 0 spiro atoms. The first-order chi connectivity index (χ1) is 8.84. The molecule has 0 amide bonds. The molecule has 1 atom stereocenters. The summed E-state index contributed by atoms with van der Waals surface area (Å²) in [5.74, 6) is 0.759. The van der Waals surface area contributed by atoms with Crippen molar-refractivity contribution in [2.24, 2.45) is 5.73 Å². The average molecular weight is 238 g/mol. The number of benzene rings is 1. The smallest absolute Gasteiger partial charge is 0.0552 e. The molecule has 1 aliphatic rings. The molecule has 2 heteroatoms. The highest BCUT2D eigenvalue weighted by atomic mass is 14.7. The minimum Gasteiger partial charge on any atom is -0.320 e. The third-order valence-electron chi connectivity index (χ3n) is 3.91. The number of nitrogens with two attached hydrogens (primary N) is 1. The Morgan fingerprint density at radius 2 is 1.83 bits per heavy atom. The molecule has 1 saturated carbocycles. The molecule has 1 aromatic heterocycles. The molecule has 2 aromatic rings. The van der Waals surface area contributed by atoms with Gasteiger partial charge in [-0.3, -0.25) is 4.98 Å². The lowest BCUT2D eigenvalue weighted by Crippen LogP contribution is -2.14. The van der Waals surface area contributed by atoms with Crippen molar-refractivity contribution < 1.29 is 0 Å². The van der Waals surface area contributed by atoms with Gasteiger partial charge in [0, 0.05) is 12.4 Å². The Kier molecular flexibility index (Phi) is 3.11. The molecule has 2 nitrogen and oxygen atoms in total. The fourth-order valence-electron chi connectivity index (χ4n) is 2.51. The van der Waals surface area contributed by atoms with Gasteiger partial charge in [-0.05, 0) is 47.6 Å². The zero-order valence-corrected chi connectivity index (χ0v) is 10.4. The summed E-state index contributed by atoms with van der Waals surface area (Å²) in [6, 6.07) is 12.7. The van der Waals surface area contributed by atoms with Crippen LogP contribution in [0.1, 0.15) is 47.9 Å². The van der Waals surface area contributed by atoms with Gasteiger partial charge in [0.25, 0.3) is 0 Å². The first kappa shape index (κ1) is 11.4. The van der Waals surface area contributed by atoms with Crippen LogP contribution in [0.3, 0.4) is 0 Å². The average Bonchev–Trinajstić information content (AvgIpc) is 2.37. The molecule has 2 N–H and O–H groups in total. The van der Waals surface area contributed by atoms with Crippen LogP contribution in [0.15, 0.2) is 48.8 Å². The van der Waals surface area contributed by atoms with Gasteiger partial charge in [-0.2, -0.15) is 0 Å². The van der Waals surface area contributed by atoms with Crippen LogP contribution in [0, 0.1) is 0 Å². The minimum atomic E-state index is -0.0481. The van der Waals surface area contributed by atoms with Gasteiger partial charge in [0.1, 0.15) is 0 Å². The third-order valence-corrected chi connectivity index (χ3v) is 3.91. The fraction of sp³-hybridized carbons (Fsp3) is 0.312. The summed E-state index contributed by atoms with van der Waals surface area (Å²) in [5, 5.41) is 0.